The summed E-state index contributed by atoms with van der Waals surface area (Å²) >= 11 is 0. The maximum atomic E-state index is 11.8. The van der Waals surface area contributed by atoms with Gasteiger partial charge in [0.15, 0.2) is 0 Å². The second-order valence-electron chi connectivity index (χ2n) is 6.78. The average Bonchev–Trinajstić information content (AvgIpc) is 3.29. The average molecular weight is 346 g/mol. The van der Waals surface area contributed by atoms with E-state index in [-0.39, 0.29) is 42.0 Å². The first-order chi connectivity index (χ1) is 12.0. The first-order valence-corrected chi connectivity index (χ1v) is 8.31. The summed E-state index contributed by atoms with van der Waals surface area (Å²) in [7, 11) is 0.442. The van der Waals surface area contributed by atoms with Gasteiger partial charge >= 0.3 is 13.5 Å². The highest BCUT2D eigenvalue weighted by molar-refractivity contribution is 6.34. The lowest BCUT2D eigenvalue weighted by molar-refractivity contribution is -0.148. The number of aliphatic hydroxyl groups excluding tert-OH is 1. The quantitative estimate of drug-likeness (QED) is 0.580. The largest absolute Gasteiger partial charge is 0.563 e. The summed E-state index contributed by atoms with van der Waals surface area (Å²) < 4.78 is 11.7. The highest BCUT2D eigenvalue weighted by atomic mass is 16.5. The lowest BCUT2D eigenvalue weighted by Crippen LogP contribution is -2.59. The van der Waals surface area contributed by atoms with Crippen LogP contribution >= 0.6 is 0 Å². The van der Waals surface area contributed by atoms with Crippen molar-refractivity contribution in [1.29, 1.82) is 0 Å². The van der Waals surface area contributed by atoms with Crippen molar-refractivity contribution >= 4 is 19.4 Å². The van der Waals surface area contributed by atoms with Crippen LogP contribution in [0.1, 0.15) is 21.8 Å². The first-order valence-electron chi connectivity index (χ1n) is 8.31. The van der Waals surface area contributed by atoms with Gasteiger partial charge in [0.1, 0.15) is 11.8 Å². The van der Waals surface area contributed by atoms with Crippen LogP contribution in [-0.4, -0.2) is 72.4 Å². The molecule has 3 unspecified atom stereocenters. The zero-order valence-corrected chi connectivity index (χ0v) is 13.5. The monoisotopic (exact) mass is 346 g/mol. The van der Waals surface area contributed by atoms with Crippen LogP contribution < -0.4 is 10.4 Å². The predicted molar refractivity (Wildman–Crippen MR) is 88.0 cm³/mol. The Morgan fingerprint density at radius 3 is 2.88 bits per heavy atom. The van der Waals surface area contributed by atoms with Crippen molar-refractivity contribution in [2.24, 2.45) is 5.73 Å². The number of benzene rings is 1. The van der Waals surface area contributed by atoms with E-state index in [1.807, 2.05) is 6.07 Å². The second kappa shape index (κ2) is 6.01. The fourth-order valence-corrected chi connectivity index (χ4v) is 3.70. The Morgan fingerprint density at radius 1 is 1.44 bits per heavy atom. The van der Waals surface area contributed by atoms with Gasteiger partial charge in [-0.25, -0.2) is 4.79 Å². The van der Waals surface area contributed by atoms with Crippen molar-refractivity contribution in [2.45, 2.75) is 30.0 Å². The molecule has 1 saturated heterocycles. The van der Waals surface area contributed by atoms with Crippen molar-refractivity contribution in [3.05, 3.63) is 29.3 Å². The van der Waals surface area contributed by atoms with Gasteiger partial charge in [-0.05, 0) is 11.6 Å². The van der Waals surface area contributed by atoms with Gasteiger partial charge in [0, 0.05) is 24.8 Å². The Labute approximate surface area is 144 Å². The van der Waals surface area contributed by atoms with E-state index in [2.05, 4.69) is 0 Å². The minimum Gasteiger partial charge on any atom is -0.563 e. The maximum Gasteiger partial charge on any atom is 0.346 e. The van der Waals surface area contributed by atoms with Gasteiger partial charge in [0.25, 0.3) is 0 Å². The van der Waals surface area contributed by atoms with Crippen LogP contribution in [-0.2, 0) is 9.53 Å². The summed E-state index contributed by atoms with van der Waals surface area (Å²) in [6, 6.07) is 4.28. The topological polar surface area (TPSA) is 122 Å². The minimum absolute atomic E-state index is 0.0148. The molecule has 25 heavy (non-hydrogen) atoms. The standard InChI is InChI=1S/C16H19BN2O6/c18-10(6-20)15(21)19-4-7(5-19)24-14-11-8-2-1-3-9(16(22)23)13(8)25-17-12(11)14/h1-3,7,10-12,14,17,20H,4-6,18H2,(H,22,23)/t10-,11?,12?,14?/m1/s1. The fourth-order valence-electron chi connectivity index (χ4n) is 3.70. The number of carbonyl (C=O) groups is 2. The molecule has 4 rings (SSSR count). The molecule has 1 aromatic rings. The van der Waals surface area contributed by atoms with E-state index in [1.165, 1.54) is 0 Å². The number of nitrogens with two attached hydrogens (primary N) is 1. The number of amides is 1. The number of para-hydroxylation sites is 1. The number of carboxylic acid groups (broad SMARTS) is 1. The zero-order valence-electron chi connectivity index (χ0n) is 13.5. The van der Waals surface area contributed by atoms with Crippen LogP contribution in [0.15, 0.2) is 18.2 Å². The Hall–Kier alpha value is -2.10. The van der Waals surface area contributed by atoms with Crippen molar-refractivity contribution in [1.82, 2.24) is 4.90 Å². The fraction of sp³-hybridized carbons (Fsp3) is 0.500. The molecule has 3 aliphatic rings. The number of carbonyl (C=O) groups excluding carboxylic acids is 1. The van der Waals surface area contributed by atoms with Gasteiger partial charge in [-0.3, -0.25) is 4.79 Å². The molecule has 1 amide bonds. The maximum absolute atomic E-state index is 11.8. The number of rotatable bonds is 5. The SMILES string of the molecule is N[C@H](CO)C(=O)N1CC(OC2C3BOc4c(C(=O)O)cccc4C32)C1. The number of hydrogen-bond donors (Lipinski definition) is 3. The third-order valence-electron chi connectivity index (χ3n) is 5.17. The van der Waals surface area contributed by atoms with Crippen molar-refractivity contribution in [2.75, 3.05) is 19.7 Å². The summed E-state index contributed by atoms with van der Waals surface area (Å²) in [6.07, 6.45) is -0.0735. The number of aliphatic hydroxyl groups is 1. The van der Waals surface area contributed by atoms with Gasteiger partial charge in [-0.1, -0.05) is 12.1 Å². The molecule has 0 aromatic heterocycles. The molecule has 8 nitrogen and oxygen atoms in total. The van der Waals surface area contributed by atoms with Gasteiger partial charge in [0.05, 0.1) is 24.4 Å². The van der Waals surface area contributed by atoms with Gasteiger partial charge in [-0.15, -0.1) is 0 Å². The van der Waals surface area contributed by atoms with Crippen LogP contribution in [0.4, 0.5) is 0 Å². The molecular formula is C16H19BN2O6. The lowest BCUT2D eigenvalue weighted by atomic mass is 9.84. The molecule has 0 radical (unpaired) electrons. The molecule has 9 heteroatoms. The highest BCUT2D eigenvalue weighted by Crippen LogP contribution is 2.60. The van der Waals surface area contributed by atoms with E-state index in [0.717, 1.165) is 5.56 Å². The van der Waals surface area contributed by atoms with Gasteiger partial charge in [-0.2, -0.15) is 0 Å². The van der Waals surface area contributed by atoms with Crippen molar-refractivity contribution < 1.29 is 29.2 Å². The van der Waals surface area contributed by atoms with Gasteiger partial charge < -0.3 is 30.2 Å². The second-order valence-corrected chi connectivity index (χ2v) is 6.78. The molecule has 2 aliphatic heterocycles. The summed E-state index contributed by atoms with van der Waals surface area (Å²) in [4.78, 5) is 24.7. The van der Waals surface area contributed by atoms with Crippen LogP contribution in [0.2, 0.25) is 5.82 Å². The molecule has 2 heterocycles. The molecule has 0 bridgehead atoms. The molecule has 1 saturated carbocycles. The number of aromatic carboxylic acids is 1. The third kappa shape index (κ3) is 2.68. The number of likely N-dealkylation sites (tertiary alicyclic amines) is 1. The summed E-state index contributed by atoms with van der Waals surface area (Å²) in [5, 5.41) is 18.2. The molecule has 4 atom stereocenters. The summed E-state index contributed by atoms with van der Waals surface area (Å²) in [5.41, 5.74) is 6.59. The van der Waals surface area contributed by atoms with Gasteiger partial charge in [0.2, 0.25) is 5.91 Å². The molecule has 2 fully saturated rings. The highest BCUT2D eigenvalue weighted by Gasteiger charge is 2.58. The molecule has 0 spiro atoms. The van der Waals surface area contributed by atoms with E-state index in [9.17, 15) is 14.7 Å². The van der Waals surface area contributed by atoms with E-state index in [1.54, 1.807) is 17.0 Å². The predicted octanol–water partition coefficient (Wildman–Crippen LogP) is -1.07. The molecule has 132 valence electrons. The first kappa shape index (κ1) is 16.4. The smallest absolute Gasteiger partial charge is 0.346 e. The van der Waals surface area contributed by atoms with E-state index < -0.39 is 12.0 Å². The van der Waals surface area contributed by atoms with Crippen molar-refractivity contribution in [3.8, 4) is 5.75 Å². The van der Waals surface area contributed by atoms with E-state index >= 15 is 0 Å². The molecular weight excluding hydrogens is 327 g/mol. The van der Waals surface area contributed by atoms with Crippen molar-refractivity contribution in [3.63, 3.8) is 0 Å². The summed E-state index contributed by atoms with van der Waals surface area (Å²) in [5.74, 6) is -0.452. The van der Waals surface area contributed by atoms with E-state index in [4.69, 9.17) is 20.2 Å². The molecule has 4 N–H and O–H groups in total. The van der Waals surface area contributed by atoms with E-state index in [0.29, 0.717) is 26.3 Å². The number of fused-ring (bicyclic) bond motifs is 3. The Morgan fingerprint density at radius 2 is 2.20 bits per heavy atom. The minimum atomic E-state index is -0.998. The number of ether oxygens (including phenoxy) is 1. The Balaban J connectivity index is 1.38. The van der Waals surface area contributed by atoms with Crippen LogP contribution in [0.5, 0.6) is 5.75 Å². The third-order valence-corrected chi connectivity index (χ3v) is 5.17. The lowest BCUT2D eigenvalue weighted by Gasteiger charge is -2.40. The number of hydrogen-bond acceptors (Lipinski definition) is 6. The Bertz CT molecular complexity index is 723. The molecule has 1 aliphatic carbocycles. The summed E-state index contributed by atoms with van der Waals surface area (Å²) in [6.45, 7) is 0.560. The van der Waals surface area contributed by atoms with Crippen LogP contribution in [0, 0.1) is 0 Å². The zero-order chi connectivity index (χ0) is 17.7. The Kier molecular flexibility index (Phi) is 3.94. The number of carboxylic acids is 1. The van der Waals surface area contributed by atoms with Crippen LogP contribution in [0.3, 0.4) is 0 Å². The normalized spacial score (nSPS) is 27.9. The molecule has 1 aromatic carbocycles. The van der Waals surface area contributed by atoms with Crippen LogP contribution in [0.25, 0.3) is 0 Å². The number of nitrogens with zero attached hydrogens (tertiary/aromatic N) is 1.